The van der Waals surface area contributed by atoms with Gasteiger partial charge in [0.1, 0.15) is 5.82 Å². The Morgan fingerprint density at radius 1 is 1.42 bits per heavy atom. The molecule has 0 saturated heterocycles. The molecule has 2 aromatic rings. The normalized spacial score (nSPS) is 10.1. The monoisotopic (exact) mass is 177 g/mol. The van der Waals surface area contributed by atoms with Crippen LogP contribution in [0.3, 0.4) is 0 Å². The Balaban J connectivity index is 2.48. The van der Waals surface area contributed by atoms with Gasteiger partial charge in [-0.2, -0.15) is 0 Å². The highest BCUT2D eigenvalue weighted by Gasteiger charge is 1.99. The lowest BCUT2D eigenvalue weighted by Gasteiger charge is -1.95. The summed E-state index contributed by atoms with van der Waals surface area (Å²) in [5.41, 5.74) is 2.00. The molecular weight excluding hydrogens is 170 g/mol. The lowest BCUT2D eigenvalue weighted by atomic mass is 10.2. The van der Waals surface area contributed by atoms with Crippen molar-refractivity contribution in [3.05, 3.63) is 29.7 Å². The quantitative estimate of drug-likeness (QED) is 0.667. The van der Waals surface area contributed by atoms with Crippen molar-refractivity contribution in [2.75, 3.05) is 0 Å². The van der Waals surface area contributed by atoms with Gasteiger partial charge in [-0.15, -0.1) is 0 Å². The Morgan fingerprint density at radius 2 is 2.33 bits per heavy atom. The average Bonchev–Trinajstić information content (AvgIpc) is 2.56. The van der Waals surface area contributed by atoms with Crippen LogP contribution in [0, 0.1) is 6.92 Å². The summed E-state index contributed by atoms with van der Waals surface area (Å²) in [5.74, 6) is 0.790. The molecule has 0 aliphatic carbocycles. The molecule has 0 atom stereocenters. The summed E-state index contributed by atoms with van der Waals surface area (Å²) in [5, 5.41) is 1.97. The Labute approximate surface area is 74.3 Å². The fraction of sp³-hybridized carbons (Fsp3) is 0.125. The number of hydrogen-bond acceptors (Lipinski definition) is 4. The van der Waals surface area contributed by atoms with Gasteiger partial charge in [0.05, 0.1) is 11.9 Å². The van der Waals surface area contributed by atoms with E-state index in [4.69, 9.17) is 0 Å². The van der Waals surface area contributed by atoms with Gasteiger partial charge >= 0.3 is 0 Å². The Morgan fingerprint density at radius 3 is 3.00 bits per heavy atom. The molecule has 12 heavy (non-hydrogen) atoms. The minimum Gasteiger partial charge on any atom is -0.242 e. The van der Waals surface area contributed by atoms with E-state index in [1.165, 1.54) is 11.5 Å². The zero-order valence-corrected chi connectivity index (χ0v) is 7.38. The lowest BCUT2D eigenvalue weighted by Crippen LogP contribution is -1.87. The van der Waals surface area contributed by atoms with Crippen LogP contribution in [-0.4, -0.2) is 14.3 Å². The number of aromatic nitrogens is 3. The molecule has 0 spiro atoms. The Kier molecular flexibility index (Phi) is 1.83. The molecule has 0 bridgehead atoms. The molecule has 0 fully saturated rings. The van der Waals surface area contributed by atoms with Crippen molar-refractivity contribution in [2.45, 2.75) is 6.92 Å². The topological polar surface area (TPSA) is 38.7 Å². The third-order valence-corrected chi connectivity index (χ3v) is 2.09. The van der Waals surface area contributed by atoms with E-state index in [0.29, 0.717) is 0 Å². The second-order valence-electron chi connectivity index (χ2n) is 2.40. The van der Waals surface area contributed by atoms with E-state index in [0.717, 1.165) is 17.1 Å². The van der Waals surface area contributed by atoms with Crippen molar-refractivity contribution in [1.29, 1.82) is 0 Å². The molecule has 0 radical (unpaired) electrons. The number of nitrogens with zero attached hydrogens (tertiary/aromatic N) is 3. The van der Waals surface area contributed by atoms with E-state index >= 15 is 0 Å². The van der Waals surface area contributed by atoms with Gasteiger partial charge in [0, 0.05) is 17.1 Å². The molecule has 2 heterocycles. The molecule has 2 aromatic heterocycles. The summed E-state index contributed by atoms with van der Waals surface area (Å²) >= 11 is 1.43. The first-order valence-electron chi connectivity index (χ1n) is 3.55. The first-order chi connectivity index (χ1) is 5.86. The predicted molar refractivity (Wildman–Crippen MR) is 47.9 cm³/mol. The van der Waals surface area contributed by atoms with Gasteiger partial charge in [-0.05, 0) is 24.5 Å². The zero-order chi connectivity index (χ0) is 8.39. The highest BCUT2D eigenvalue weighted by Crippen LogP contribution is 2.16. The average molecular weight is 177 g/mol. The molecule has 3 nitrogen and oxygen atoms in total. The van der Waals surface area contributed by atoms with Crippen LogP contribution in [0.25, 0.3) is 11.3 Å². The fourth-order valence-corrected chi connectivity index (χ4v) is 1.48. The van der Waals surface area contributed by atoms with E-state index in [2.05, 4.69) is 14.3 Å². The first kappa shape index (κ1) is 7.36. The molecule has 0 amide bonds. The number of hydrogen-bond donors (Lipinski definition) is 0. The molecule has 0 saturated carbocycles. The van der Waals surface area contributed by atoms with Crippen LogP contribution in [-0.2, 0) is 0 Å². The van der Waals surface area contributed by atoms with Crippen LogP contribution in [0.4, 0.5) is 0 Å². The maximum absolute atomic E-state index is 4.27. The van der Waals surface area contributed by atoms with Crippen molar-refractivity contribution in [2.24, 2.45) is 0 Å². The molecule has 4 heteroatoms. The van der Waals surface area contributed by atoms with Gasteiger partial charge in [0.15, 0.2) is 0 Å². The van der Waals surface area contributed by atoms with Crippen LogP contribution in [0.1, 0.15) is 5.82 Å². The van der Waals surface area contributed by atoms with E-state index in [-0.39, 0.29) is 0 Å². The molecule has 0 aliphatic heterocycles. The summed E-state index contributed by atoms with van der Waals surface area (Å²) in [6.45, 7) is 1.88. The Bertz CT molecular complexity index is 370. The summed E-state index contributed by atoms with van der Waals surface area (Å²) in [7, 11) is 0. The molecule has 2 rings (SSSR count). The van der Waals surface area contributed by atoms with Gasteiger partial charge < -0.3 is 0 Å². The van der Waals surface area contributed by atoms with Crippen LogP contribution in [0.2, 0.25) is 0 Å². The third-order valence-electron chi connectivity index (χ3n) is 1.50. The highest BCUT2D eigenvalue weighted by molar-refractivity contribution is 7.03. The van der Waals surface area contributed by atoms with Crippen LogP contribution in [0.5, 0.6) is 0 Å². The SMILES string of the molecule is Cc1nccc(-c2cnsc2)n1. The minimum absolute atomic E-state index is 0.790. The smallest absolute Gasteiger partial charge is 0.125 e. The van der Waals surface area contributed by atoms with E-state index < -0.39 is 0 Å². The molecule has 0 unspecified atom stereocenters. The van der Waals surface area contributed by atoms with Gasteiger partial charge in [-0.25, -0.2) is 14.3 Å². The second kappa shape index (κ2) is 2.98. The standard InChI is InChI=1S/C8H7N3S/c1-6-9-3-2-8(11-6)7-4-10-12-5-7/h2-5H,1H3. The predicted octanol–water partition coefficient (Wildman–Crippen LogP) is 1.91. The van der Waals surface area contributed by atoms with Crippen LogP contribution in [0.15, 0.2) is 23.8 Å². The number of aryl methyl sites for hydroxylation is 1. The zero-order valence-electron chi connectivity index (χ0n) is 6.56. The molecule has 0 N–H and O–H groups in total. The number of rotatable bonds is 1. The minimum atomic E-state index is 0.790. The summed E-state index contributed by atoms with van der Waals surface area (Å²) in [6.07, 6.45) is 3.57. The van der Waals surface area contributed by atoms with E-state index in [1.54, 1.807) is 6.20 Å². The second-order valence-corrected chi connectivity index (χ2v) is 3.06. The van der Waals surface area contributed by atoms with Gasteiger partial charge in [-0.3, -0.25) is 0 Å². The van der Waals surface area contributed by atoms with Gasteiger partial charge in [0.2, 0.25) is 0 Å². The van der Waals surface area contributed by atoms with Crippen LogP contribution < -0.4 is 0 Å². The Hall–Kier alpha value is -1.29. The van der Waals surface area contributed by atoms with E-state index in [9.17, 15) is 0 Å². The lowest BCUT2D eigenvalue weighted by molar-refractivity contribution is 1.06. The summed E-state index contributed by atoms with van der Waals surface area (Å²) in [4.78, 5) is 8.29. The van der Waals surface area contributed by atoms with Crippen molar-refractivity contribution in [1.82, 2.24) is 14.3 Å². The molecule has 0 aromatic carbocycles. The first-order valence-corrected chi connectivity index (χ1v) is 4.39. The van der Waals surface area contributed by atoms with Gasteiger partial charge in [0.25, 0.3) is 0 Å². The fourth-order valence-electron chi connectivity index (χ4n) is 0.948. The van der Waals surface area contributed by atoms with Gasteiger partial charge in [-0.1, -0.05) is 0 Å². The van der Waals surface area contributed by atoms with Crippen molar-refractivity contribution in [3.8, 4) is 11.3 Å². The molecule has 0 aliphatic rings. The third kappa shape index (κ3) is 1.33. The molecule has 60 valence electrons. The highest BCUT2D eigenvalue weighted by atomic mass is 32.1. The van der Waals surface area contributed by atoms with Crippen LogP contribution >= 0.6 is 11.5 Å². The van der Waals surface area contributed by atoms with Crippen molar-refractivity contribution >= 4 is 11.5 Å². The van der Waals surface area contributed by atoms with E-state index in [1.807, 2.05) is 24.6 Å². The van der Waals surface area contributed by atoms with Crippen molar-refractivity contribution in [3.63, 3.8) is 0 Å². The summed E-state index contributed by atoms with van der Waals surface area (Å²) in [6, 6.07) is 1.89. The maximum atomic E-state index is 4.27. The molecular formula is C8H7N3S. The maximum Gasteiger partial charge on any atom is 0.125 e. The van der Waals surface area contributed by atoms with Crippen molar-refractivity contribution < 1.29 is 0 Å². The largest absolute Gasteiger partial charge is 0.242 e. The summed E-state index contributed by atoms with van der Waals surface area (Å²) < 4.78 is 4.01.